The van der Waals surface area contributed by atoms with Crippen LogP contribution in [-0.2, 0) is 0 Å². The number of carbonyl (C=O) groups excluding carboxylic acids is 1. The normalized spacial score (nSPS) is 12.3. The van der Waals surface area contributed by atoms with E-state index in [0.717, 1.165) is 6.54 Å². The first kappa shape index (κ1) is 10.2. The zero-order valence-corrected chi connectivity index (χ0v) is 7.40. The average Bonchev–Trinajstić information content (AvgIpc) is 2.01. The lowest BCUT2D eigenvalue weighted by Gasteiger charge is -2.12. The van der Waals surface area contributed by atoms with Gasteiger partial charge in [-0.15, -0.1) is 0 Å². The third-order valence-electron chi connectivity index (χ3n) is 1.35. The number of hydrogen-bond acceptors (Lipinski definition) is 2. The summed E-state index contributed by atoms with van der Waals surface area (Å²) in [6.45, 7) is 5.65. The maximum atomic E-state index is 10.7. The minimum Gasteiger partial charge on any atom is -0.341 e. The van der Waals surface area contributed by atoms with Crippen molar-refractivity contribution in [1.29, 1.82) is 0 Å². The zero-order chi connectivity index (χ0) is 8.69. The Morgan fingerprint density at radius 3 is 2.64 bits per heavy atom. The van der Waals surface area contributed by atoms with E-state index in [2.05, 4.69) is 16.0 Å². The van der Waals surface area contributed by atoms with E-state index in [0.29, 0.717) is 12.6 Å². The number of rotatable bonds is 4. The molecular weight excluding hydrogens is 142 g/mol. The summed E-state index contributed by atoms with van der Waals surface area (Å²) in [5.74, 6) is 0. The first-order valence-electron chi connectivity index (χ1n) is 3.89. The van der Waals surface area contributed by atoms with E-state index in [-0.39, 0.29) is 6.03 Å². The highest BCUT2D eigenvalue weighted by atomic mass is 16.2. The van der Waals surface area contributed by atoms with Crippen LogP contribution < -0.4 is 16.0 Å². The van der Waals surface area contributed by atoms with Gasteiger partial charge in [-0.05, 0) is 13.5 Å². The van der Waals surface area contributed by atoms with Crippen molar-refractivity contribution in [2.75, 3.05) is 20.1 Å². The number of carbonyl (C=O) groups is 1. The molecule has 0 heterocycles. The lowest BCUT2D eigenvalue weighted by molar-refractivity contribution is 0.242. The van der Waals surface area contributed by atoms with Crippen molar-refractivity contribution in [3.63, 3.8) is 0 Å². The molecule has 0 aromatic rings. The summed E-state index contributed by atoms with van der Waals surface area (Å²) < 4.78 is 0. The Hall–Kier alpha value is -0.770. The lowest BCUT2D eigenvalue weighted by Crippen LogP contribution is -2.42. The summed E-state index contributed by atoms with van der Waals surface area (Å²) in [5, 5.41) is 8.37. The maximum absolute atomic E-state index is 10.7. The van der Waals surface area contributed by atoms with Gasteiger partial charge in [-0.25, -0.2) is 4.79 Å². The van der Waals surface area contributed by atoms with Gasteiger partial charge in [0, 0.05) is 19.6 Å². The van der Waals surface area contributed by atoms with E-state index in [4.69, 9.17) is 0 Å². The molecule has 66 valence electrons. The molecule has 1 unspecified atom stereocenters. The Morgan fingerprint density at radius 2 is 2.18 bits per heavy atom. The molecule has 2 amide bonds. The number of nitrogens with one attached hydrogen (secondary N) is 3. The summed E-state index contributed by atoms with van der Waals surface area (Å²) in [6, 6.07) is 0.201. The minimum absolute atomic E-state index is 0.130. The van der Waals surface area contributed by atoms with Crippen molar-refractivity contribution in [1.82, 2.24) is 16.0 Å². The second-order valence-corrected chi connectivity index (χ2v) is 2.42. The van der Waals surface area contributed by atoms with E-state index in [9.17, 15) is 4.79 Å². The van der Waals surface area contributed by atoms with Gasteiger partial charge >= 0.3 is 6.03 Å². The third-order valence-corrected chi connectivity index (χ3v) is 1.35. The maximum Gasteiger partial charge on any atom is 0.314 e. The highest BCUT2D eigenvalue weighted by Crippen LogP contribution is 1.76. The molecule has 0 fully saturated rings. The topological polar surface area (TPSA) is 53.2 Å². The van der Waals surface area contributed by atoms with Crippen LogP contribution in [0.1, 0.15) is 13.8 Å². The molecule has 0 bridgehead atoms. The van der Waals surface area contributed by atoms with Crippen molar-refractivity contribution in [3.8, 4) is 0 Å². The van der Waals surface area contributed by atoms with Gasteiger partial charge in [0.2, 0.25) is 0 Å². The lowest BCUT2D eigenvalue weighted by atomic mass is 10.3. The fourth-order valence-corrected chi connectivity index (χ4v) is 0.755. The molecule has 3 N–H and O–H groups in total. The van der Waals surface area contributed by atoms with E-state index in [1.807, 2.05) is 13.8 Å². The second-order valence-electron chi connectivity index (χ2n) is 2.42. The highest BCUT2D eigenvalue weighted by molar-refractivity contribution is 5.73. The SMILES string of the molecule is CCNC(C)CNC(=O)NC. The average molecular weight is 159 g/mol. The van der Waals surface area contributed by atoms with Crippen LogP contribution in [0.15, 0.2) is 0 Å². The van der Waals surface area contributed by atoms with Gasteiger partial charge in [0.25, 0.3) is 0 Å². The summed E-state index contributed by atoms with van der Waals surface area (Å²) >= 11 is 0. The van der Waals surface area contributed by atoms with Crippen molar-refractivity contribution in [3.05, 3.63) is 0 Å². The fourth-order valence-electron chi connectivity index (χ4n) is 0.755. The molecule has 4 heteroatoms. The second kappa shape index (κ2) is 5.97. The Kier molecular flexibility index (Phi) is 5.56. The van der Waals surface area contributed by atoms with Gasteiger partial charge in [0.1, 0.15) is 0 Å². The molecule has 0 aliphatic rings. The van der Waals surface area contributed by atoms with Gasteiger partial charge in [0.05, 0.1) is 0 Å². The third kappa shape index (κ3) is 5.66. The Labute approximate surface area is 67.7 Å². The highest BCUT2D eigenvalue weighted by Gasteiger charge is 2.00. The van der Waals surface area contributed by atoms with Crippen LogP contribution in [-0.4, -0.2) is 32.2 Å². The smallest absolute Gasteiger partial charge is 0.314 e. The summed E-state index contributed by atoms with van der Waals surface area (Å²) in [5.41, 5.74) is 0. The monoisotopic (exact) mass is 159 g/mol. The molecule has 0 aromatic heterocycles. The first-order valence-corrected chi connectivity index (χ1v) is 3.89. The standard InChI is InChI=1S/C7H17N3O/c1-4-9-6(2)5-10-7(11)8-3/h6,9H,4-5H2,1-3H3,(H2,8,10,11). The van der Waals surface area contributed by atoms with Gasteiger partial charge < -0.3 is 16.0 Å². The molecule has 4 nitrogen and oxygen atoms in total. The fraction of sp³-hybridized carbons (Fsp3) is 0.857. The molecule has 0 rings (SSSR count). The van der Waals surface area contributed by atoms with Crippen LogP contribution in [0.25, 0.3) is 0 Å². The molecule has 0 aliphatic carbocycles. The van der Waals surface area contributed by atoms with Gasteiger partial charge in [-0.2, -0.15) is 0 Å². The summed E-state index contributed by atoms with van der Waals surface area (Å²) in [6.07, 6.45) is 0. The molecular formula is C7H17N3O. The zero-order valence-electron chi connectivity index (χ0n) is 7.40. The van der Waals surface area contributed by atoms with E-state index in [1.54, 1.807) is 7.05 Å². The van der Waals surface area contributed by atoms with E-state index >= 15 is 0 Å². The molecule has 0 aliphatic heterocycles. The number of hydrogen-bond donors (Lipinski definition) is 3. The molecule has 1 atom stereocenters. The quantitative estimate of drug-likeness (QED) is 0.537. The predicted octanol–water partition coefficient (Wildman–Crippen LogP) is -0.0866. The van der Waals surface area contributed by atoms with Crippen LogP contribution >= 0.6 is 0 Å². The van der Waals surface area contributed by atoms with E-state index in [1.165, 1.54) is 0 Å². The van der Waals surface area contributed by atoms with Gasteiger partial charge in [0.15, 0.2) is 0 Å². The number of amides is 2. The summed E-state index contributed by atoms with van der Waals surface area (Å²) in [4.78, 5) is 10.7. The molecule has 0 aromatic carbocycles. The number of urea groups is 1. The Balaban J connectivity index is 3.29. The van der Waals surface area contributed by atoms with Crippen molar-refractivity contribution >= 4 is 6.03 Å². The van der Waals surface area contributed by atoms with E-state index < -0.39 is 0 Å². The van der Waals surface area contributed by atoms with Crippen molar-refractivity contribution in [2.24, 2.45) is 0 Å². The van der Waals surface area contributed by atoms with Crippen LogP contribution in [0.4, 0.5) is 4.79 Å². The molecule has 0 saturated carbocycles. The van der Waals surface area contributed by atoms with Crippen LogP contribution in [0.5, 0.6) is 0 Å². The predicted molar refractivity (Wildman–Crippen MR) is 45.6 cm³/mol. The largest absolute Gasteiger partial charge is 0.341 e. The van der Waals surface area contributed by atoms with Crippen molar-refractivity contribution in [2.45, 2.75) is 19.9 Å². The minimum atomic E-state index is -0.130. The van der Waals surface area contributed by atoms with Crippen LogP contribution in [0.2, 0.25) is 0 Å². The molecule has 11 heavy (non-hydrogen) atoms. The number of likely N-dealkylation sites (N-methyl/N-ethyl adjacent to an activating group) is 1. The Morgan fingerprint density at radius 1 is 1.55 bits per heavy atom. The van der Waals surface area contributed by atoms with Gasteiger partial charge in [-0.1, -0.05) is 6.92 Å². The van der Waals surface area contributed by atoms with Crippen molar-refractivity contribution < 1.29 is 4.79 Å². The van der Waals surface area contributed by atoms with Crippen LogP contribution in [0.3, 0.4) is 0 Å². The first-order chi connectivity index (χ1) is 5.20. The van der Waals surface area contributed by atoms with Crippen LogP contribution in [0, 0.1) is 0 Å². The molecule has 0 radical (unpaired) electrons. The molecule has 0 spiro atoms. The molecule has 0 saturated heterocycles. The summed E-state index contributed by atoms with van der Waals surface area (Å²) in [7, 11) is 1.60. The van der Waals surface area contributed by atoms with Gasteiger partial charge in [-0.3, -0.25) is 0 Å². The Bertz CT molecular complexity index is 116.